The molecule has 2 atom stereocenters. The van der Waals surface area contributed by atoms with Crippen LogP contribution in [0.2, 0.25) is 0 Å². The van der Waals surface area contributed by atoms with E-state index >= 15 is 0 Å². The number of carbonyl (C=O) groups excluding carboxylic acids is 1. The molecule has 2 aromatic rings. The Hall–Kier alpha value is -1.93. The van der Waals surface area contributed by atoms with E-state index in [-0.39, 0.29) is 24.2 Å². The molecule has 1 aromatic carbocycles. The summed E-state index contributed by atoms with van der Waals surface area (Å²) in [5, 5.41) is 11.4. The van der Waals surface area contributed by atoms with Gasteiger partial charge in [0.25, 0.3) is 5.91 Å². The number of aliphatic hydroxyl groups is 1. The van der Waals surface area contributed by atoms with Gasteiger partial charge >= 0.3 is 6.18 Å². The van der Waals surface area contributed by atoms with E-state index in [0.717, 1.165) is 6.07 Å². The second-order valence-electron chi connectivity index (χ2n) is 5.32. The van der Waals surface area contributed by atoms with Crippen molar-refractivity contribution in [1.82, 2.24) is 9.88 Å². The van der Waals surface area contributed by atoms with Crippen molar-refractivity contribution in [3.63, 3.8) is 0 Å². The summed E-state index contributed by atoms with van der Waals surface area (Å²) in [6.45, 7) is -0.00673. The van der Waals surface area contributed by atoms with Gasteiger partial charge in [0.1, 0.15) is 5.69 Å². The number of nitrogens with zero attached hydrogens (tertiary/aromatic N) is 2. The topological polar surface area (TPSA) is 53.4 Å². The summed E-state index contributed by atoms with van der Waals surface area (Å²) in [5.41, 5.74) is 0.882. The zero-order chi connectivity index (χ0) is 16.6. The number of aliphatic hydroxyl groups excluding tert-OH is 1. The highest BCUT2D eigenvalue weighted by molar-refractivity contribution is 7.07. The molecular formula is C15H13F3N2O2S. The molecule has 4 nitrogen and oxygen atoms in total. The number of thiazole rings is 1. The van der Waals surface area contributed by atoms with Gasteiger partial charge in [-0.3, -0.25) is 4.79 Å². The first kappa shape index (κ1) is 15.9. The third kappa shape index (κ3) is 3.09. The van der Waals surface area contributed by atoms with Crippen molar-refractivity contribution in [3.8, 4) is 0 Å². The van der Waals surface area contributed by atoms with Crippen LogP contribution in [-0.2, 0) is 6.18 Å². The minimum Gasteiger partial charge on any atom is -0.391 e. The maximum Gasteiger partial charge on any atom is 0.416 e. The molecule has 122 valence electrons. The van der Waals surface area contributed by atoms with Crippen molar-refractivity contribution in [2.24, 2.45) is 0 Å². The van der Waals surface area contributed by atoms with Crippen LogP contribution in [0.5, 0.6) is 0 Å². The number of rotatable bonds is 2. The first-order valence-electron chi connectivity index (χ1n) is 6.91. The predicted octanol–water partition coefficient (Wildman–Crippen LogP) is 3.11. The number of hydrogen-bond donors (Lipinski definition) is 1. The van der Waals surface area contributed by atoms with Crippen LogP contribution in [0.25, 0.3) is 0 Å². The van der Waals surface area contributed by atoms with Gasteiger partial charge in [-0.2, -0.15) is 13.2 Å². The highest BCUT2D eigenvalue weighted by atomic mass is 32.1. The van der Waals surface area contributed by atoms with Gasteiger partial charge in [-0.05, 0) is 18.1 Å². The van der Waals surface area contributed by atoms with Crippen molar-refractivity contribution < 1.29 is 23.1 Å². The molecular weight excluding hydrogens is 329 g/mol. The van der Waals surface area contributed by atoms with Gasteiger partial charge in [0, 0.05) is 11.9 Å². The summed E-state index contributed by atoms with van der Waals surface area (Å²) in [5.74, 6) is -0.468. The third-order valence-corrected chi connectivity index (χ3v) is 4.40. The number of benzene rings is 1. The SMILES string of the molecule is O=C(c1cscn1)N1CC(O)CC1c1ccccc1C(F)(F)F. The van der Waals surface area contributed by atoms with E-state index in [1.54, 1.807) is 5.38 Å². The lowest BCUT2D eigenvalue weighted by Gasteiger charge is -2.26. The van der Waals surface area contributed by atoms with Crippen LogP contribution in [0.4, 0.5) is 13.2 Å². The molecule has 23 heavy (non-hydrogen) atoms. The molecule has 1 aliphatic rings. The lowest BCUT2D eigenvalue weighted by molar-refractivity contribution is -0.138. The molecule has 8 heteroatoms. The van der Waals surface area contributed by atoms with Crippen molar-refractivity contribution in [3.05, 3.63) is 52.0 Å². The van der Waals surface area contributed by atoms with E-state index < -0.39 is 29.8 Å². The van der Waals surface area contributed by atoms with Gasteiger partial charge in [0.05, 0.1) is 23.2 Å². The first-order valence-corrected chi connectivity index (χ1v) is 7.85. The number of amides is 1. The minimum atomic E-state index is -4.51. The lowest BCUT2D eigenvalue weighted by Crippen LogP contribution is -2.32. The molecule has 0 aliphatic carbocycles. The summed E-state index contributed by atoms with van der Waals surface area (Å²) in [6.07, 6.45) is -5.30. The van der Waals surface area contributed by atoms with Crippen LogP contribution in [0.15, 0.2) is 35.2 Å². The predicted molar refractivity (Wildman–Crippen MR) is 78.0 cm³/mol. The van der Waals surface area contributed by atoms with Gasteiger partial charge in [0.2, 0.25) is 0 Å². The molecule has 0 bridgehead atoms. The molecule has 1 fully saturated rings. The van der Waals surface area contributed by atoms with Crippen molar-refractivity contribution in [1.29, 1.82) is 0 Å². The average molecular weight is 342 g/mol. The van der Waals surface area contributed by atoms with E-state index in [0.29, 0.717) is 0 Å². The Morgan fingerprint density at radius 2 is 2.09 bits per heavy atom. The van der Waals surface area contributed by atoms with Crippen LogP contribution in [0.3, 0.4) is 0 Å². The Bertz CT molecular complexity index is 703. The van der Waals surface area contributed by atoms with Crippen molar-refractivity contribution in [2.75, 3.05) is 6.54 Å². The van der Waals surface area contributed by atoms with Gasteiger partial charge in [-0.1, -0.05) is 18.2 Å². The fraction of sp³-hybridized carbons (Fsp3) is 0.333. The summed E-state index contributed by atoms with van der Waals surface area (Å²) in [4.78, 5) is 17.7. The van der Waals surface area contributed by atoms with E-state index in [1.165, 1.54) is 39.9 Å². The smallest absolute Gasteiger partial charge is 0.391 e. The fourth-order valence-electron chi connectivity index (χ4n) is 2.84. The minimum absolute atomic E-state index is 0.000120. The number of hydrogen-bond acceptors (Lipinski definition) is 4. The van der Waals surface area contributed by atoms with E-state index in [9.17, 15) is 23.1 Å². The standard InChI is InChI=1S/C15H13F3N2O2S/c16-15(17,18)11-4-2-1-3-10(11)13-5-9(21)6-20(13)14(22)12-7-23-8-19-12/h1-4,7-9,13,21H,5-6H2. The van der Waals surface area contributed by atoms with Crippen LogP contribution >= 0.6 is 11.3 Å². The first-order chi connectivity index (χ1) is 10.9. The lowest BCUT2D eigenvalue weighted by atomic mass is 9.97. The monoisotopic (exact) mass is 342 g/mol. The maximum absolute atomic E-state index is 13.2. The number of alkyl halides is 3. The van der Waals surface area contributed by atoms with Crippen LogP contribution in [0, 0.1) is 0 Å². The molecule has 1 saturated heterocycles. The molecule has 0 saturated carbocycles. The van der Waals surface area contributed by atoms with Gasteiger partial charge in [-0.25, -0.2) is 4.98 Å². The molecule has 2 unspecified atom stereocenters. The molecule has 1 aliphatic heterocycles. The van der Waals surface area contributed by atoms with E-state index in [1.807, 2.05) is 0 Å². The molecule has 0 spiro atoms. The fourth-order valence-corrected chi connectivity index (χ4v) is 3.37. The van der Waals surface area contributed by atoms with E-state index in [2.05, 4.69) is 4.98 Å². The Morgan fingerprint density at radius 1 is 1.35 bits per heavy atom. The zero-order valence-corrected chi connectivity index (χ0v) is 12.6. The van der Waals surface area contributed by atoms with Crippen LogP contribution < -0.4 is 0 Å². The quantitative estimate of drug-likeness (QED) is 0.912. The summed E-state index contributed by atoms with van der Waals surface area (Å²) < 4.78 is 39.7. The second-order valence-corrected chi connectivity index (χ2v) is 6.04. The summed E-state index contributed by atoms with van der Waals surface area (Å²) >= 11 is 1.23. The van der Waals surface area contributed by atoms with Gasteiger partial charge in [-0.15, -0.1) is 11.3 Å². The van der Waals surface area contributed by atoms with Crippen LogP contribution in [-0.4, -0.2) is 33.5 Å². The summed E-state index contributed by atoms with van der Waals surface area (Å²) in [6, 6.07) is 4.33. The second kappa shape index (κ2) is 5.93. The number of β-amino-alcohol motifs (C(OH)–C–C–N with tert-alkyl or cyclic N) is 1. The Balaban J connectivity index is 2.00. The molecule has 0 radical (unpaired) electrons. The molecule has 1 amide bonds. The van der Waals surface area contributed by atoms with Crippen LogP contribution in [0.1, 0.15) is 34.1 Å². The van der Waals surface area contributed by atoms with E-state index in [4.69, 9.17) is 0 Å². The van der Waals surface area contributed by atoms with Crippen molar-refractivity contribution in [2.45, 2.75) is 24.7 Å². The van der Waals surface area contributed by atoms with Crippen molar-refractivity contribution >= 4 is 17.2 Å². The average Bonchev–Trinajstić information content (AvgIpc) is 3.15. The zero-order valence-electron chi connectivity index (χ0n) is 11.8. The highest BCUT2D eigenvalue weighted by Gasteiger charge is 2.41. The van der Waals surface area contributed by atoms with Gasteiger partial charge in [0.15, 0.2) is 0 Å². The molecule has 1 aromatic heterocycles. The number of carbonyl (C=O) groups is 1. The molecule has 3 rings (SSSR count). The molecule has 2 heterocycles. The molecule has 1 N–H and O–H groups in total. The summed E-state index contributed by atoms with van der Waals surface area (Å²) in [7, 11) is 0. The Labute approximate surface area is 134 Å². The highest BCUT2D eigenvalue weighted by Crippen LogP contribution is 2.40. The normalized spacial score (nSPS) is 21.7. The Morgan fingerprint density at radius 3 is 2.74 bits per heavy atom. The van der Waals surface area contributed by atoms with Gasteiger partial charge < -0.3 is 10.0 Å². The maximum atomic E-state index is 13.2. The number of halogens is 3. The number of likely N-dealkylation sites (tertiary alicyclic amines) is 1. The number of aromatic nitrogens is 1. The third-order valence-electron chi connectivity index (χ3n) is 3.82. The largest absolute Gasteiger partial charge is 0.416 e. The Kier molecular flexibility index (Phi) is 4.11.